The third-order valence-corrected chi connectivity index (χ3v) is 7.32. The summed E-state index contributed by atoms with van der Waals surface area (Å²) < 4.78 is 13.3. The molecule has 3 fully saturated rings. The first-order chi connectivity index (χ1) is 12.9. The maximum absolute atomic E-state index is 6.65. The average Bonchev–Trinajstić information content (AvgIpc) is 2.85. The van der Waals surface area contributed by atoms with Crippen molar-refractivity contribution in [3.63, 3.8) is 0 Å². The maximum Gasteiger partial charge on any atom is 0.199 e. The Balaban J connectivity index is 1.60. The van der Waals surface area contributed by atoms with Gasteiger partial charge in [-0.1, -0.05) is 63.2 Å². The third-order valence-electron chi connectivity index (χ3n) is 7.32. The van der Waals surface area contributed by atoms with E-state index in [1.54, 1.807) is 0 Å². The Morgan fingerprint density at radius 1 is 0.692 bits per heavy atom. The SMILES string of the molecule is C1=C\C=C2\OC3CCCCCCC3B3C2=C(\C=C/1)OC1CCCCCC31. The zero-order valence-electron chi connectivity index (χ0n) is 15.9. The molecular formula is C23H31BO2. The van der Waals surface area contributed by atoms with Gasteiger partial charge in [0.15, 0.2) is 6.71 Å². The van der Waals surface area contributed by atoms with E-state index in [1.165, 1.54) is 76.1 Å². The minimum atomic E-state index is 0.412. The Kier molecular flexibility index (Phi) is 4.73. The largest absolute Gasteiger partial charge is 0.491 e. The van der Waals surface area contributed by atoms with E-state index in [0.29, 0.717) is 30.6 Å². The van der Waals surface area contributed by atoms with Crippen molar-refractivity contribution < 1.29 is 9.47 Å². The Morgan fingerprint density at radius 2 is 1.35 bits per heavy atom. The van der Waals surface area contributed by atoms with E-state index in [2.05, 4.69) is 30.4 Å². The molecule has 3 heteroatoms. The summed E-state index contributed by atoms with van der Waals surface area (Å²) in [5.41, 5.74) is 1.40. The second kappa shape index (κ2) is 7.33. The normalized spacial score (nSPS) is 41.1. The number of ether oxygens (including phenoxy) is 2. The molecule has 2 aliphatic heterocycles. The van der Waals surface area contributed by atoms with Crippen LogP contribution in [0.3, 0.4) is 0 Å². The summed E-state index contributed by atoms with van der Waals surface area (Å²) in [6.07, 6.45) is 26.3. The zero-order valence-corrected chi connectivity index (χ0v) is 15.9. The van der Waals surface area contributed by atoms with Crippen LogP contribution in [0.4, 0.5) is 0 Å². The molecule has 2 heterocycles. The molecule has 5 aliphatic rings. The average molecular weight is 350 g/mol. The van der Waals surface area contributed by atoms with Crippen LogP contribution in [0, 0.1) is 0 Å². The van der Waals surface area contributed by atoms with Crippen molar-refractivity contribution in [2.24, 2.45) is 0 Å². The molecule has 26 heavy (non-hydrogen) atoms. The maximum atomic E-state index is 6.65. The molecule has 3 aliphatic carbocycles. The van der Waals surface area contributed by atoms with E-state index in [4.69, 9.17) is 9.47 Å². The molecule has 0 radical (unpaired) electrons. The van der Waals surface area contributed by atoms with Crippen molar-refractivity contribution in [3.8, 4) is 0 Å². The van der Waals surface area contributed by atoms with Gasteiger partial charge in [0.05, 0.1) is 12.2 Å². The van der Waals surface area contributed by atoms with Crippen molar-refractivity contribution in [2.45, 2.75) is 94.5 Å². The molecule has 138 valence electrons. The van der Waals surface area contributed by atoms with Crippen molar-refractivity contribution in [2.75, 3.05) is 0 Å². The molecule has 0 N–H and O–H groups in total. The van der Waals surface area contributed by atoms with Gasteiger partial charge in [0.1, 0.15) is 11.5 Å². The Bertz CT molecular complexity index is 659. The van der Waals surface area contributed by atoms with Gasteiger partial charge in [0.2, 0.25) is 0 Å². The van der Waals surface area contributed by atoms with Crippen molar-refractivity contribution in [1.29, 1.82) is 0 Å². The fraction of sp³-hybridized carbons (Fsp3) is 0.652. The molecule has 0 spiro atoms. The molecule has 1 saturated heterocycles. The summed E-state index contributed by atoms with van der Waals surface area (Å²) in [5, 5.41) is 0. The minimum absolute atomic E-state index is 0.412. The highest BCUT2D eigenvalue weighted by Gasteiger charge is 2.52. The summed E-state index contributed by atoms with van der Waals surface area (Å²) in [6.45, 7) is 0.640. The van der Waals surface area contributed by atoms with Gasteiger partial charge in [-0.05, 0) is 49.5 Å². The summed E-state index contributed by atoms with van der Waals surface area (Å²) in [4.78, 5) is 0. The monoisotopic (exact) mass is 350 g/mol. The Morgan fingerprint density at radius 3 is 2.12 bits per heavy atom. The highest BCUT2D eigenvalue weighted by atomic mass is 16.5. The van der Waals surface area contributed by atoms with E-state index in [0.717, 1.165) is 11.5 Å². The van der Waals surface area contributed by atoms with Crippen LogP contribution < -0.4 is 0 Å². The quantitative estimate of drug-likeness (QED) is 0.489. The fourth-order valence-electron chi connectivity index (χ4n) is 6.15. The number of allylic oxidation sites excluding steroid dienone is 6. The molecule has 2 nitrogen and oxygen atoms in total. The minimum Gasteiger partial charge on any atom is -0.491 e. The smallest absolute Gasteiger partial charge is 0.199 e. The van der Waals surface area contributed by atoms with Gasteiger partial charge in [0, 0.05) is 5.47 Å². The number of rotatable bonds is 0. The van der Waals surface area contributed by atoms with Crippen LogP contribution >= 0.6 is 0 Å². The van der Waals surface area contributed by atoms with Crippen molar-refractivity contribution in [3.05, 3.63) is 47.4 Å². The van der Waals surface area contributed by atoms with E-state index in [9.17, 15) is 0 Å². The number of hydrogen-bond donors (Lipinski definition) is 0. The van der Waals surface area contributed by atoms with Crippen LogP contribution in [0.5, 0.6) is 0 Å². The molecular weight excluding hydrogens is 319 g/mol. The van der Waals surface area contributed by atoms with Crippen molar-refractivity contribution in [1.82, 2.24) is 0 Å². The zero-order chi connectivity index (χ0) is 17.3. The molecule has 0 aromatic rings. The molecule has 5 rings (SSSR count). The van der Waals surface area contributed by atoms with E-state index < -0.39 is 0 Å². The lowest BCUT2D eigenvalue weighted by Gasteiger charge is -2.48. The molecule has 4 unspecified atom stereocenters. The first-order valence-electron chi connectivity index (χ1n) is 11.0. The molecule has 0 bridgehead atoms. The lowest BCUT2D eigenvalue weighted by atomic mass is 9.25. The fourth-order valence-corrected chi connectivity index (χ4v) is 6.15. The predicted octanol–water partition coefficient (Wildman–Crippen LogP) is 6.14. The second-order valence-corrected chi connectivity index (χ2v) is 8.85. The Hall–Kier alpha value is -1.38. The van der Waals surface area contributed by atoms with Gasteiger partial charge in [-0.25, -0.2) is 0 Å². The van der Waals surface area contributed by atoms with Gasteiger partial charge < -0.3 is 9.47 Å². The van der Waals surface area contributed by atoms with Gasteiger partial charge in [0.25, 0.3) is 0 Å². The molecule has 0 amide bonds. The molecule has 0 aromatic carbocycles. The summed E-state index contributed by atoms with van der Waals surface area (Å²) in [7, 11) is 0. The van der Waals surface area contributed by atoms with Gasteiger partial charge in [-0.2, -0.15) is 0 Å². The highest BCUT2D eigenvalue weighted by Crippen LogP contribution is 2.53. The first kappa shape index (κ1) is 16.8. The topological polar surface area (TPSA) is 18.5 Å². The summed E-state index contributed by atoms with van der Waals surface area (Å²) in [6, 6.07) is 0. The predicted molar refractivity (Wildman–Crippen MR) is 107 cm³/mol. The first-order valence-corrected chi connectivity index (χ1v) is 11.0. The van der Waals surface area contributed by atoms with Crippen LogP contribution in [0.2, 0.25) is 11.6 Å². The molecule has 0 aromatic heterocycles. The summed E-state index contributed by atoms with van der Waals surface area (Å²) >= 11 is 0. The Labute approximate surface area is 158 Å². The van der Waals surface area contributed by atoms with E-state index >= 15 is 0 Å². The third kappa shape index (κ3) is 2.98. The second-order valence-electron chi connectivity index (χ2n) is 8.85. The van der Waals surface area contributed by atoms with Crippen molar-refractivity contribution >= 4 is 6.71 Å². The van der Waals surface area contributed by atoms with Gasteiger partial charge in [-0.15, -0.1) is 0 Å². The van der Waals surface area contributed by atoms with Crippen LogP contribution in [0.15, 0.2) is 47.4 Å². The lowest BCUT2D eigenvalue weighted by Crippen LogP contribution is -2.49. The van der Waals surface area contributed by atoms with Gasteiger partial charge in [-0.3, -0.25) is 0 Å². The van der Waals surface area contributed by atoms with Gasteiger partial charge >= 0.3 is 0 Å². The van der Waals surface area contributed by atoms with Crippen LogP contribution in [0.25, 0.3) is 0 Å². The number of fused-ring (bicyclic) bond motifs is 4. The lowest BCUT2D eigenvalue weighted by molar-refractivity contribution is 0.0651. The van der Waals surface area contributed by atoms with Crippen LogP contribution in [0.1, 0.15) is 70.6 Å². The van der Waals surface area contributed by atoms with Crippen LogP contribution in [-0.2, 0) is 9.47 Å². The highest BCUT2D eigenvalue weighted by molar-refractivity contribution is 6.71. The molecule has 2 saturated carbocycles. The van der Waals surface area contributed by atoms with E-state index in [-0.39, 0.29) is 0 Å². The number of hydrogen-bond acceptors (Lipinski definition) is 2. The summed E-state index contributed by atoms with van der Waals surface area (Å²) in [5.74, 6) is 3.58. The standard InChI is InChI=1S/C23H31BO2/c1-2-7-13-19-17(11-5-1)24-18-12-6-3-8-14-20(18)26-22-16-10-4-9-15-21(25-19)23(22)24/h4,9-10,15-20H,1-3,5-8,11-14H2/b9-4-,10-4?,15-9?,16-10-,21-15+,22-16?. The molecule has 4 atom stereocenters. The van der Waals surface area contributed by atoms with Crippen LogP contribution in [-0.4, -0.2) is 18.9 Å². The van der Waals surface area contributed by atoms with E-state index in [1.807, 2.05) is 0 Å².